The van der Waals surface area contributed by atoms with Crippen molar-refractivity contribution in [1.82, 2.24) is 9.78 Å². The third-order valence-electron chi connectivity index (χ3n) is 6.32. The van der Waals surface area contributed by atoms with Gasteiger partial charge in [0.25, 0.3) is 0 Å². The Morgan fingerprint density at radius 1 is 1.00 bits per heavy atom. The zero-order valence-corrected chi connectivity index (χ0v) is 7.17. The van der Waals surface area contributed by atoms with Gasteiger partial charge in [-0.05, 0) is 47.5 Å². The average Bonchev–Trinajstić information content (AvgIpc) is 2.71. The zero-order chi connectivity index (χ0) is 7.95. The molecule has 64 valence electrons. The minimum atomic E-state index is 0.595. The lowest BCUT2D eigenvalue weighted by atomic mass is 8.98. The highest BCUT2D eigenvalue weighted by Crippen LogP contribution is 3.04. The maximum Gasteiger partial charge on any atom is 0.0728 e. The molecule has 13 heavy (non-hydrogen) atoms. The molecule has 6 aliphatic rings. The zero-order valence-electron chi connectivity index (χ0n) is 7.17. The summed E-state index contributed by atoms with van der Waals surface area (Å²) in [5, 5.41) is 4.48. The Kier molecular flexibility index (Phi) is 0.422. The van der Waals surface area contributed by atoms with E-state index in [2.05, 4.69) is 22.0 Å². The third-order valence-corrected chi connectivity index (χ3v) is 6.32. The predicted octanol–water partition coefficient (Wildman–Crippen LogP) is 0.960. The van der Waals surface area contributed by atoms with Gasteiger partial charge in [0.15, 0.2) is 0 Å². The van der Waals surface area contributed by atoms with Gasteiger partial charge in [0.1, 0.15) is 0 Å². The number of hydrogen-bond donors (Lipinski definition) is 0. The molecular formula is C11H10N2. The van der Waals surface area contributed by atoms with Crippen LogP contribution < -0.4 is 0 Å². The van der Waals surface area contributed by atoms with Crippen LogP contribution in [0.25, 0.3) is 0 Å². The van der Waals surface area contributed by atoms with Crippen LogP contribution in [-0.4, -0.2) is 9.78 Å². The molecule has 1 aromatic heterocycles. The Morgan fingerprint density at radius 2 is 1.69 bits per heavy atom. The first-order chi connectivity index (χ1) is 6.47. The first kappa shape index (κ1) is 5.18. The molecule has 0 amide bonds. The number of rotatable bonds is 1. The van der Waals surface area contributed by atoms with E-state index in [-0.39, 0.29) is 0 Å². The Hall–Kier alpha value is -0.790. The van der Waals surface area contributed by atoms with Crippen LogP contribution >= 0.6 is 0 Å². The second-order valence-corrected chi connectivity index (χ2v) is 5.72. The van der Waals surface area contributed by atoms with E-state index in [0.717, 1.165) is 17.8 Å². The Morgan fingerprint density at radius 3 is 2.23 bits per heavy atom. The van der Waals surface area contributed by atoms with Crippen molar-refractivity contribution in [2.24, 2.45) is 41.4 Å². The maximum absolute atomic E-state index is 4.48. The van der Waals surface area contributed by atoms with Crippen molar-refractivity contribution in [2.45, 2.75) is 5.54 Å². The van der Waals surface area contributed by atoms with E-state index < -0.39 is 0 Å². The molecule has 0 atom stereocenters. The van der Waals surface area contributed by atoms with Crippen molar-refractivity contribution in [1.29, 1.82) is 0 Å². The second kappa shape index (κ2) is 1.06. The van der Waals surface area contributed by atoms with E-state index in [9.17, 15) is 0 Å². The number of hydrogen-bond acceptors (Lipinski definition) is 1. The molecule has 0 aromatic carbocycles. The molecule has 0 bridgehead atoms. The molecule has 6 aliphatic carbocycles. The number of aromatic nitrogens is 2. The van der Waals surface area contributed by atoms with Crippen molar-refractivity contribution in [3.8, 4) is 0 Å². The van der Waals surface area contributed by atoms with Gasteiger partial charge in [0, 0.05) is 12.4 Å². The van der Waals surface area contributed by atoms with Crippen LogP contribution in [0.3, 0.4) is 0 Å². The summed E-state index contributed by atoms with van der Waals surface area (Å²) in [6.45, 7) is 0. The molecule has 7 rings (SSSR count). The molecule has 0 unspecified atom stereocenters. The topological polar surface area (TPSA) is 17.8 Å². The van der Waals surface area contributed by atoms with Gasteiger partial charge in [-0.25, -0.2) is 0 Å². The van der Waals surface area contributed by atoms with Gasteiger partial charge in [0.2, 0.25) is 0 Å². The van der Waals surface area contributed by atoms with Crippen LogP contribution in [0, 0.1) is 41.4 Å². The minimum Gasteiger partial charge on any atom is -0.266 e. The molecule has 1 aromatic rings. The monoisotopic (exact) mass is 170 g/mol. The lowest BCUT2D eigenvalue weighted by molar-refractivity contribution is -0.603. The van der Waals surface area contributed by atoms with Crippen LogP contribution in [0.1, 0.15) is 0 Å². The quantitative estimate of drug-likeness (QED) is 0.614. The van der Waals surface area contributed by atoms with Crippen molar-refractivity contribution < 1.29 is 0 Å². The molecule has 0 saturated heterocycles. The fraction of sp³-hybridized carbons (Fsp3) is 0.727. The maximum atomic E-state index is 4.48. The highest BCUT2D eigenvalue weighted by Gasteiger charge is 3.05. The van der Waals surface area contributed by atoms with Crippen LogP contribution in [0.2, 0.25) is 0 Å². The van der Waals surface area contributed by atoms with Gasteiger partial charge in [-0.1, -0.05) is 0 Å². The molecule has 0 radical (unpaired) electrons. The van der Waals surface area contributed by atoms with Gasteiger partial charge < -0.3 is 0 Å². The SMILES string of the molecule is c1cnn(C23C4C5C6C4C2C6C53)c1. The molecule has 6 fully saturated rings. The summed E-state index contributed by atoms with van der Waals surface area (Å²) >= 11 is 0. The minimum absolute atomic E-state index is 0.595. The van der Waals surface area contributed by atoms with Gasteiger partial charge in [-0.15, -0.1) is 0 Å². The van der Waals surface area contributed by atoms with E-state index in [0.29, 0.717) is 5.54 Å². The van der Waals surface area contributed by atoms with Gasteiger partial charge >= 0.3 is 0 Å². The standard InChI is InChI=1S/C11H10N2/c1-2-12-13(3-1)11-8-5-4-6(8)10(11)7(4)9(5)11/h1-10H. The second-order valence-electron chi connectivity index (χ2n) is 5.72. The number of nitrogens with zero attached hydrogens (tertiary/aromatic N) is 2. The van der Waals surface area contributed by atoms with E-state index >= 15 is 0 Å². The Bertz CT molecular complexity index is 396. The predicted molar refractivity (Wildman–Crippen MR) is 44.6 cm³/mol. The van der Waals surface area contributed by atoms with E-state index in [1.54, 1.807) is 0 Å². The molecule has 2 nitrogen and oxygen atoms in total. The summed E-state index contributed by atoms with van der Waals surface area (Å²) in [6.07, 6.45) is 4.14. The Labute approximate surface area is 75.9 Å². The fourth-order valence-electron chi connectivity index (χ4n) is 6.33. The van der Waals surface area contributed by atoms with Crippen molar-refractivity contribution in [2.75, 3.05) is 0 Å². The lowest BCUT2D eigenvalue weighted by Crippen LogP contribution is -3.08. The molecular weight excluding hydrogens is 160 g/mol. The van der Waals surface area contributed by atoms with Gasteiger partial charge in [-0.2, -0.15) is 5.10 Å². The van der Waals surface area contributed by atoms with Crippen LogP contribution in [0.5, 0.6) is 0 Å². The van der Waals surface area contributed by atoms with Crippen molar-refractivity contribution >= 4 is 0 Å². The average molecular weight is 170 g/mol. The van der Waals surface area contributed by atoms with E-state index in [1.807, 2.05) is 6.20 Å². The normalized spacial score (nSPS) is 76.8. The fourth-order valence-corrected chi connectivity index (χ4v) is 6.33. The smallest absolute Gasteiger partial charge is 0.0728 e. The highest BCUT2D eigenvalue weighted by atomic mass is 15.4. The largest absolute Gasteiger partial charge is 0.266 e. The molecule has 0 aliphatic heterocycles. The van der Waals surface area contributed by atoms with E-state index in [4.69, 9.17) is 0 Å². The van der Waals surface area contributed by atoms with Gasteiger partial charge in [0.05, 0.1) is 5.54 Å². The summed E-state index contributed by atoms with van der Waals surface area (Å²) in [7, 11) is 0. The lowest BCUT2D eigenvalue weighted by Gasteiger charge is -3.06. The highest BCUT2D eigenvalue weighted by molar-refractivity contribution is 5.51. The first-order valence-electron chi connectivity index (χ1n) is 5.47. The molecule has 1 heterocycles. The molecule has 2 heteroatoms. The first-order valence-corrected chi connectivity index (χ1v) is 5.47. The van der Waals surface area contributed by atoms with Crippen LogP contribution in [0.15, 0.2) is 18.5 Å². The molecule has 0 spiro atoms. The van der Waals surface area contributed by atoms with Crippen LogP contribution in [0.4, 0.5) is 0 Å². The van der Waals surface area contributed by atoms with Crippen molar-refractivity contribution in [3.05, 3.63) is 18.5 Å². The summed E-state index contributed by atoms with van der Waals surface area (Å²) in [5.41, 5.74) is 0.595. The Balaban J connectivity index is 1.65. The third kappa shape index (κ3) is 0.217. The van der Waals surface area contributed by atoms with Crippen LogP contribution in [-0.2, 0) is 5.54 Å². The summed E-state index contributed by atoms with van der Waals surface area (Å²) in [4.78, 5) is 0. The van der Waals surface area contributed by atoms with Crippen molar-refractivity contribution in [3.63, 3.8) is 0 Å². The summed E-state index contributed by atoms with van der Waals surface area (Å²) < 4.78 is 2.31. The molecule has 0 N–H and O–H groups in total. The summed E-state index contributed by atoms with van der Waals surface area (Å²) in [5.74, 6) is 7.97. The summed E-state index contributed by atoms with van der Waals surface area (Å²) in [6, 6.07) is 2.08. The molecule has 6 saturated carbocycles. The van der Waals surface area contributed by atoms with Gasteiger partial charge in [-0.3, -0.25) is 4.68 Å². The van der Waals surface area contributed by atoms with E-state index in [1.165, 1.54) is 23.7 Å².